The fourth-order valence-corrected chi connectivity index (χ4v) is 5.33. The lowest BCUT2D eigenvalue weighted by atomic mass is 9.77. The van der Waals surface area contributed by atoms with Gasteiger partial charge in [0.1, 0.15) is 17.2 Å². The number of carbonyl (C=O) groups is 2. The lowest BCUT2D eigenvalue weighted by Gasteiger charge is -2.42. The van der Waals surface area contributed by atoms with Crippen molar-refractivity contribution < 1.29 is 14.3 Å². The number of nitrogens with two attached hydrogens (primary N) is 1. The molecule has 3 heterocycles. The van der Waals surface area contributed by atoms with E-state index in [1.54, 1.807) is 18.2 Å². The third kappa shape index (κ3) is 5.09. The van der Waals surface area contributed by atoms with Crippen LogP contribution in [0.5, 0.6) is 5.88 Å². The number of aliphatic imine (C=N–C) groups is 1. The number of amides is 2. The number of rotatable bonds is 8. The van der Waals surface area contributed by atoms with Crippen LogP contribution in [0.2, 0.25) is 0 Å². The zero-order valence-corrected chi connectivity index (χ0v) is 23.7. The number of aromatic nitrogens is 3. The Bertz CT molecular complexity index is 1650. The number of pyridine rings is 1. The van der Waals surface area contributed by atoms with Crippen LogP contribution in [0.25, 0.3) is 5.57 Å². The van der Waals surface area contributed by atoms with Gasteiger partial charge in [0, 0.05) is 24.5 Å². The van der Waals surface area contributed by atoms with Crippen LogP contribution in [-0.2, 0) is 4.79 Å². The van der Waals surface area contributed by atoms with E-state index < -0.39 is 11.6 Å². The molecule has 4 N–H and O–H groups in total. The summed E-state index contributed by atoms with van der Waals surface area (Å²) in [6.07, 6.45) is 9.50. The summed E-state index contributed by atoms with van der Waals surface area (Å²) in [5, 5.41) is 6.29. The maximum Gasteiger partial charge on any atom is 0.262 e. The molecule has 3 aliphatic rings. The molecule has 42 heavy (non-hydrogen) atoms. The van der Waals surface area contributed by atoms with Crippen LogP contribution in [-0.4, -0.2) is 57.3 Å². The normalized spacial score (nSPS) is 20.5. The minimum atomic E-state index is -0.842. The van der Waals surface area contributed by atoms with Crippen LogP contribution in [0.1, 0.15) is 49.0 Å². The Hall–Kier alpha value is -5.06. The van der Waals surface area contributed by atoms with Crippen LogP contribution < -0.4 is 26.0 Å². The van der Waals surface area contributed by atoms with Gasteiger partial charge in [0.2, 0.25) is 11.8 Å². The molecule has 0 saturated heterocycles. The predicted octanol–water partition coefficient (Wildman–Crippen LogP) is 3.77. The zero-order chi connectivity index (χ0) is 29.4. The van der Waals surface area contributed by atoms with E-state index in [2.05, 4.69) is 25.6 Å². The molecule has 1 unspecified atom stereocenters. The van der Waals surface area contributed by atoms with Gasteiger partial charge in [-0.2, -0.15) is 4.98 Å². The van der Waals surface area contributed by atoms with Crippen LogP contribution in [0.15, 0.2) is 77.6 Å². The number of allylic oxidation sites excluding steroid dienone is 2. The Morgan fingerprint density at radius 3 is 2.71 bits per heavy atom. The highest BCUT2D eigenvalue weighted by Crippen LogP contribution is 2.42. The highest BCUT2D eigenvalue weighted by molar-refractivity contribution is 6.29. The molecule has 0 bridgehead atoms. The van der Waals surface area contributed by atoms with Gasteiger partial charge in [0.05, 0.1) is 30.0 Å². The average molecular weight is 565 g/mol. The summed E-state index contributed by atoms with van der Waals surface area (Å²) >= 11 is 0. The molecule has 11 nitrogen and oxygen atoms in total. The summed E-state index contributed by atoms with van der Waals surface area (Å²) in [7, 11) is 1.56. The second-order valence-corrected chi connectivity index (χ2v) is 10.8. The van der Waals surface area contributed by atoms with Gasteiger partial charge in [0.15, 0.2) is 0 Å². The van der Waals surface area contributed by atoms with Gasteiger partial charge in [-0.3, -0.25) is 19.5 Å². The first kappa shape index (κ1) is 27.1. The summed E-state index contributed by atoms with van der Waals surface area (Å²) < 4.78 is 5.35. The van der Waals surface area contributed by atoms with Crippen molar-refractivity contribution in [1.29, 1.82) is 0 Å². The van der Waals surface area contributed by atoms with Crippen molar-refractivity contribution >= 4 is 40.7 Å². The van der Waals surface area contributed by atoms with E-state index in [0.29, 0.717) is 29.4 Å². The maximum absolute atomic E-state index is 14.6. The summed E-state index contributed by atoms with van der Waals surface area (Å²) in [6, 6.07) is 12.7. The summed E-state index contributed by atoms with van der Waals surface area (Å²) in [6.45, 7) is 3.85. The fraction of sp³-hybridized carbons (Fsp3) is 0.290. The van der Waals surface area contributed by atoms with E-state index in [4.69, 9.17) is 15.5 Å². The van der Waals surface area contributed by atoms with Gasteiger partial charge in [-0.15, -0.1) is 0 Å². The number of nitrogen functional groups attached to an aromatic ring is 1. The molecular weight excluding hydrogens is 532 g/mol. The van der Waals surface area contributed by atoms with Crippen LogP contribution in [0.3, 0.4) is 0 Å². The van der Waals surface area contributed by atoms with E-state index in [9.17, 15) is 9.59 Å². The number of nitrogens with one attached hydrogen (secondary N) is 2. The smallest absolute Gasteiger partial charge is 0.262 e. The molecule has 2 atom stereocenters. The topological polar surface area (TPSA) is 148 Å². The molecule has 3 aromatic rings. The number of fused-ring (bicyclic) bond motifs is 1. The second kappa shape index (κ2) is 10.7. The quantitative estimate of drug-likeness (QED) is 0.375. The number of benzene rings is 1. The Balaban J connectivity index is 1.45. The third-order valence-corrected chi connectivity index (χ3v) is 7.59. The van der Waals surface area contributed by atoms with Crippen LogP contribution in [0, 0.1) is 0 Å². The zero-order valence-electron chi connectivity index (χ0n) is 23.7. The predicted molar refractivity (Wildman–Crippen MR) is 161 cm³/mol. The Labute approximate surface area is 243 Å². The molecule has 1 aromatic carbocycles. The van der Waals surface area contributed by atoms with Crippen molar-refractivity contribution in [3.05, 3.63) is 83.7 Å². The fourth-order valence-electron chi connectivity index (χ4n) is 5.33. The minimum absolute atomic E-state index is 0.0290. The van der Waals surface area contributed by atoms with Crippen molar-refractivity contribution in [2.24, 2.45) is 4.99 Å². The van der Waals surface area contributed by atoms with E-state index in [0.717, 1.165) is 24.0 Å². The van der Waals surface area contributed by atoms with Gasteiger partial charge in [0.25, 0.3) is 11.8 Å². The van der Waals surface area contributed by atoms with Crippen molar-refractivity contribution in [2.75, 3.05) is 23.1 Å². The van der Waals surface area contributed by atoms with Gasteiger partial charge in [-0.05, 0) is 62.4 Å². The van der Waals surface area contributed by atoms with E-state index in [1.165, 1.54) is 6.20 Å². The molecule has 214 valence electrons. The minimum Gasteiger partial charge on any atom is -0.481 e. The molecule has 2 aromatic heterocycles. The number of anilines is 3. The number of amidine groups is 1. The highest BCUT2D eigenvalue weighted by Gasteiger charge is 2.46. The number of carbonyl (C=O) groups excluding carboxylic acids is 2. The van der Waals surface area contributed by atoms with Crippen LogP contribution in [0.4, 0.5) is 17.5 Å². The van der Waals surface area contributed by atoms with Crippen molar-refractivity contribution in [3.63, 3.8) is 0 Å². The number of hydrogen-bond acceptors (Lipinski definition) is 9. The largest absolute Gasteiger partial charge is 0.481 e. The summed E-state index contributed by atoms with van der Waals surface area (Å²) in [5.41, 5.74) is 8.18. The van der Waals surface area contributed by atoms with Crippen molar-refractivity contribution in [1.82, 2.24) is 20.3 Å². The molecule has 1 saturated carbocycles. The van der Waals surface area contributed by atoms with Gasteiger partial charge < -0.3 is 21.1 Å². The first-order chi connectivity index (χ1) is 20.3. The third-order valence-electron chi connectivity index (χ3n) is 7.59. The standard InChI is InChI=1S/C31H32N8O3/c1-18(35-26-23(17-34-30(32)37-26)28(40)36-20-11-12-20)27-38-31(2)14-7-10-22(19-13-15-33-24(16-19)42-3)25(31)29(41)39(27)21-8-5-4-6-9-21/h4-10,13,15-18,20H,11-12,14H2,1-3H3,(H,36,40)(H3,32,34,35,37)/t18-,31?/m0/s1. The van der Waals surface area contributed by atoms with Crippen LogP contribution >= 0.6 is 0 Å². The number of methoxy groups -OCH3 is 1. The summed E-state index contributed by atoms with van der Waals surface area (Å²) in [5.74, 6) is 0.784. The Morgan fingerprint density at radius 2 is 1.98 bits per heavy atom. The SMILES string of the molecule is COc1cc(C2=C3C(=O)N(c4ccccc4)C([C@H](C)Nc4nc(N)ncc4C(=O)NC4CC4)=NC3(C)CC=C2)ccn1. The van der Waals surface area contributed by atoms with Crippen molar-refractivity contribution in [2.45, 2.75) is 50.7 Å². The number of para-hydroxylation sites is 1. The molecule has 0 spiro atoms. The van der Waals surface area contributed by atoms with E-state index in [-0.39, 0.29) is 35.2 Å². The number of nitrogens with zero attached hydrogens (tertiary/aromatic N) is 5. The molecule has 2 aliphatic carbocycles. The Kier molecular flexibility index (Phi) is 6.93. The number of hydrogen-bond donors (Lipinski definition) is 3. The van der Waals surface area contributed by atoms with Crippen molar-refractivity contribution in [3.8, 4) is 5.88 Å². The Morgan fingerprint density at radius 1 is 1.19 bits per heavy atom. The monoisotopic (exact) mass is 564 g/mol. The molecule has 6 rings (SSSR count). The molecule has 0 radical (unpaired) electrons. The van der Waals surface area contributed by atoms with E-state index >= 15 is 0 Å². The average Bonchev–Trinajstić information content (AvgIpc) is 3.81. The maximum atomic E-state index is 14.6. The van der Waals surface area contributed by atoms with Gasteiger partial charge in [-0.25, -0.2) is 9.97 Å². The van der Waals surface area contributed by atoms with E-state index in [1.807, 2.05) is 68.5 Å². The van der Waals surface area contributed by atoms with Gasteiger partial charge >= 0.3 is 0 Å². The molecular formula is C31H32N8O3. The molecule has 2 amide bonds. The second-order valence-electron chi connectivity index (χ2n) is 10.8. The lowest BCUT2D eigenvalue weighted by Crippen LogP contribution is -2.54. The first-order valence-electron chi connectivity index (χ1n) is 13.9. The molecule has 1 aliphatic heterocycles. The summed E-state index contributed by atoms with van der Waals surface area (Å²) in [4.78, 5) is 47.1. The number of ether oxygens (including phenoxy) is 1. The molecule has 11 heteroatoms. The molecule has 1 fully saturated rings. The lowest BCUT2D eigenvalue weighted by molar-refractivity contribution is -0.115. The van der Waals surface area contributed by atoms with Gasteiger partial charge in [-0.1, -0.05) is 30.4 Å². The highest BCUT2D eigenvalue weighted by atomic mass is 16.5. The first-order valence-corrected chi connectivity index (χ1v) is 13.9.